The van der Waals surface area contributed by atoms with E-state index in [1.807, 2.05) is 30.3 Å². The van der Waals surface area contributed by atoms with Crippen molar-refractivity contribution in [1.82, 2.24) is 4.98 Å². The molecule has 0 fully saturated rings. The van der Waals surface area contributed by atoms with Crippen molar-refractivity contribution in [2.75, 3.05) is 0 Å². The lowest BCUT2D eigenvalue weighted by molar-refractivity contribution is -0.138. The summed E-state index contributed by atoms with van der Waals surface area (Å²) < 4.78 is 5.76. The number of hydrogen-bond donors (Lipinski definition) is 2. The number of ether oxygens (including phenoxy) is 1. The first-order valence-electron chi connectivity index (χ1n) is 7.67. The van der Waals surface area contributed by atoms with Crippen LogP contribution in [-0.4, -0.2) is 27.2 Å². The quantitative estimate of drug-likeness (QED) is 0.538. The molecule has 0 amide bonds. The fourth-order valence-electron chi connectivity index (χ4n) is 2.63. The monoisotopic (exact) mass is 350 g/mol. The summed E-state index contributed by atoms with van der Waals surface area (Å²) in [5, 5.41) is 20.6. The molecule has 1 atom stereocenters. The van der Waals surface area contributed by atoms with E-state index in [9.17, 15) is 19.8 Å². The standard InChI is InChI=1S/C19H14N2O5/c1-11-15-9-13(26-12-5-3-2-4-6-12)7-8-14(15)18(23)16(21-11)17(19(24)25)20-10-22/h2-9,17,23H,1H3,(H,24,25). The summed E-state index contributed by atoms with van der Waals surface area (Å²) in [4.78, 5) is 29.1. The Hall–Kier alpha value is -3.70. The molecule has 0 saturated heterocycles. The van der Waals surface area contributed by atoms with Crippen molar-refractivity contribution in [3.05, 3.63) is 59.9 Å². The molecule has 0 aliphatic rings. The van der Waals surface area contributed by atoms with E-state index in [0.29, 0.717) is 28.0 Å². The summed E-state index contributed by atoms with van der Waals surface area (Å²) in [5.41, 5.74) is 0.265. The smallest absolute Gasteiger partial charge is 0.335 e. The molecule has 1 unspecified atom stereocenters. The van der Waals surface area contributed by atoms with Crippen LogP contribution in [0, 0.1) is 6.92 Å². The molecule has 0 spiro atoms. The Kier molecular flexibility index (Phi) is 4.64. The molecule has 3 rings (SSSR count). The predicted octanol–water partition coefficient (Wildman–Crippen LogP) is 3.50. The van der Waals surface area contributed by atoms with Crippen LogP contribution in [0.5, 0.6) is 17.2 Å². The minimum Gasteiger partial charge on any atom is -0.505 e. The van der Waals surface area contributed by atoms with Gasteiger partial charge in [-0.3, -0.25) is 4.98 Å². The maximum atomic E-state index is 11.3. The summed E-state index contributed by atoms with van der Waals surface area (Å²) in [6.07, 6.45) is 1.20. The Labute approximate surface area is 148 Å². The number of carbonyl (C=O) groups excluding carboxylic acids is 1. The van der Waals surface area contributed by atoms with Crippen molar-refractivity contribution in [1.29, 1.82) is 0 Å². The fraction of sp³-hybridized carbons (Fsp3) is 0.105. The summed E-state index contributed by atoms with van der Waals surface area (Å²) in [5.74, 6) is -0.548. The number of isocyanates is 1. The molecule has 0 bridgehead atoms. The maximum Gasteiger partial charge on any atom is 0.335 e. The summed E-state index contributed by atoms with van der Waals surface area (Å²) >= 11 is 0. The third-order valence-electron chi connectivity index (χ3n) is 3.82. The predicted molar refractivity (Wildman–Crippen MR) is 93.2 cm³/mol. The van der Waals surface area contributed by atoms with E-state index in [0.717, 1.165) is 0 Å². The van der Waals surface area contributed by atoms with Gasteiger partial charge < -0.3 is 14.9 Å². The number of benzene rings is 2. The number of pyridine rings is 1. The molecule has 3 aromatic rings. The van der Waals surface area contributed by atoms with Gasteiger partial charge in [-0.15, -0.1) is 0 Å². The SMILES string of the molecule is Cc1nc(C(N=C=O)C(=O)O)c(O)c2ccc(Oc3ccccc3)cc12. The number of nitrogens with zero attached hydrogens (tertiary/aromatic N) is 2. The number of fused-ring (bicyclic) bond motifs is 1. The van der Waals surface area contributed by atoms with Crippen LogP contribution in [0.15, 0.2) is 53.5 Å². The maximum absolute atomic E-state index is 11.3. The van der Waals surface area contributed by atoms with Crippen molar-refractivity contribution in [3.8, 4) is 17.2 Å². The first-order chi connectivity index (χ1) is 12.5. The van der Waals surface area contributed by atoms with Crippen LogP contribution in [0.1, 0.15) is 17.4 Å². The first kappa shape index (κ1) is 17.1. The zero-order chi connectivity index (χ0) is 18.7. The van der Waals surface area contributed by atoms with Gasteiger partial charge in [0.15, 0.2) is 0 Å². The van der Waals surface area contributed by atoms with E-state index in [-0.39, 0.29) is 11.4 Å². The fourth-order valence-corrected chi connectivity index (χ4v) is 2.63. The van der Waals surface area contributed by atoms with Crippen molar-refractivity contribution in [2.24, 2.45) is 4.99 Å². The average molecular weight is 350 g/mol. The number of rotatable bonds is 5. The van der Waals surface area contributed by atoms with Gasteiger partial charge in [0.2, 0.25) is 12.1 Å². The molecule has 26 heavy (non-hydrogen) atoms. The van der Waals surface area contributed by atoms with Gasteiger partial charge in [0, 0.05) is 16.5 Å². The van der Waals surface area contributed by atoms with Crippen LogP contribution in [0.25, 0.3) is 10.8 Å². The lowest BCUT2D eigenvalue weighted by atomic mass is 10.0. The molecule has 2 aromatic carbocycles. The normalized spacial score (nSPS) is 11.6. The van der Waals surface area contributed by atoms with E-state index in [4.69, 9.17) is 4.74 Å². The van der Waals surface area contributed by atoms with Crippen LogP contribution in [-0.2, 0) is 9.59 Å². The van der Waals surface area contributed by atoms with Gasteiger partial charge in [-0.05, 0) is 37.3 Å². The number of carbonyl (C=O) groups is 1. The molecule has 1 aromatic heterocycles. The highest BCUT2D eigenvalue weighted by atomic mass is 16.5. The second-order valence-corrected chi connectivity index (χ2v) is 5.51. The van der Waals surface area contributed by atoms with E-state index in [2.05, 4.69) is 9.98 Å². The van der Waals surface area contributed by atoms with Gasteiger partial charge >= 0.3 is 5.97 Å². The minimum atomic E-state index is -1.61. The molecular weight excluding hydrogens is 336 g/mol. The molecular formula is C19H14N2O5. The van der Waals surface area contributed by atoms with Gasteiger partial charge in [-0.2, -0.15) is 4.99 Å². The Bertz CT molecular complexity index is 1030. The van der Waals surface area contributed by atoms with Crippen molar-refractivity contribution < 1.29 is 24.5 Å². The number of aliphatic imine (C=N–C) groups is 1. The van der Waals surface area contributed by atoms with Crippen molar-refractivity contribution in [3.63, 3.8) is 0 Å². The molecule has 2 N–H and O–H groups in total. The highest BCUT2D eigenvalue weighted by Crippen LogP contribution is 2.36. The van der Waals surface area contributed by atoms with E-state index in [1.165, 1.54) is 6.08 Å². The molecule has 7 nitrogen and oxygen atoms in total. The van der Waals surface area contributed by atoms with Crippen LogP contribution in [0.4, 0.5) is 0 Å². The Balaban J connectivity index is 2.09. The highest BCUT2D eigenvalue weighted by molar-refractivity contribution is 5.93. The second-order valence-electron chi connectivity index (χ2n) is 5.51. The van der Waals surface area contributed by atoms with Crippen LogP contribution in [0.2, 0.25) is 0 Å². The van der Waals surface area contributed by atoms with Crippen LogP contribution in [0.3, 0.4) is 0 Å². The van der Waals surface area contributed by atoms with E-state index in [1.54, 1.807) is 25.1 Å². The molecule has 130 valence electrons. The molecule has 0 aliphatic carbocycles. The minimum absolute atomic E-state index is 0.206. The van der Waals surface area contributed by atoms with E-state index < -0.39 is 12.0 Å². The summed E-state index contributed by atoms with van der Waals surface area (Å²) in [7, 11) is 0. The van der Waals surface area contributed by atoms with Gasteiger partial charge in [0.05, 0.1) is 0 Å². The molecule has 1 heterocycles. The van der Waals surface area contributed by atoms with Crippen molar-refractivity contribution >= 4 is 22.8 Å². The van der Waals surface area contributed by atoms with E-state index >= 15 is 0 Å². The average Bonchev–Trinajstić information content (AvgIpc) is 2.63. The van der Waals surface area contributed by atoms with Gasteiger partial charge in [-0.1, -0.05) is 18.2 Å². The van der Waals surface area contributed by atoms with Gasteiger partial charge in [0.1, 0.15) is 22.9 Å². The largest absolute Gasteiger partial charge is 0.505 e. The molecule has 0 saturated carbocycles. The first-order valence-corrected chi connectivity index (χ1v) is 7.67. The number of carboxylic acids is 1. The number of aliphatic carboxylic acids is 1. The second kappa shape index (κ2) is 7.04. The highest BCUT2D eigenvalue weighted by Gasteiger charge is 2.26. The number of aromatic nitrogens is 1. The molecule has 7 heteroatoms. The third-order valence-corrected chi connectivity index (χ3v) is 3.82. The number of para-hydroxylation sites is 1. The zero-order valence-corrected chi connectivity index (χ0v) is 13.7. The Morgan fingerprint density at radius 2 is 1.88 bits per heavy atom. The lowest BCUT2D eigenvalue weighted by Gasteiger charge is -2.13. The van der Waals surface area contributed by atoms with Gasteiger partial charge in [0.25, 0.3) is 0 Å². The Morgan fingerprint density at radius 1 is 1.15 bits per heavy atom. The number of aromatic hydroxyl groups is 1. The van der Waals surface area contributed by atoms with Crippen LogP contribution >= 0.6 is 0 Å². The molecule has 0 radical (unpaired) electrons. The number of aryl methyl sites for hydroxylation is 1. The topological polar surface area (TPSA) is 109 Å². The third kappa shape index (κ3) is 3.24. The molecule has 0 aliphatic heterocycles. The van der Waals surface area contributed by atoms with Crippen molar-refractivity contribution in [2.45, 2.75) is 13.0 Å². The number of carboxylic acid groups (broad SMARTS) is 1. The number of hydrogen-bond acceptors (Lipinski definition) is 6. The van der Waals surface area contributed by atoms with Gasteiger partial charge in [-0.25, -0.2) is 9.59 Å². The zero-order valence-electron chi connectivity index (χ0n) is 13.7. The van der Waals surface area contributed by atoms with Crippen LogP contribution < -0.4 is 4.74 Å². The summed E-state index contributed by atoms with van der Waals surface area (Å²) in [6.45, 7) is 1.67. The lowest BCUT2D eigenvalue weighted by Crippen LogP contribution is -2.12. The summed E-state index contributed by atoms with van der Waals surface area (Å²) in [6, 6.07) is 12.5. The Morgan fingerprint density at radius 3 is 2.54 bits per heavy atom.